The van der Waals surface area contributed by atoms with Crippen LogP contribution in [-0.4, -0.2) is 14.9 Å². The molecule has 0 spiro atoms. The highest BCUT2D eigenvalue weighted by Gasteiger charge is 2.23. The summed E-state index contributed by atoms with van der Waals surface area (Å²) in [5.74, 6) is 1.42. The zero-order chi connectivity index (χ0) is 13.3. The fourth-order valence-electron chi connectivity index (χ4n) is 1.88. The van der Waals surface area contributed by atoms with Gasteiger partial charge in [0.2, 0.25) is 0 Å². The Hall–Kier alpha value is -1.07. The van der Waals surface area contributed by atoms with E-state index in [-0.39, 0.29) is 6.04 Å². The molecule has 2 aromatic heterocycles. The molecule has 2 rings (SSSR count). The molecule has 0 aromatic carbocycles. The zero-order valence-corrected chi connectivity index (χ0v) is 12.3. The summed E-state index contributed by atoms with van der Waals surface area (Å²) in [6.07, 6.45) is 1.71. The summed E-state index contributed by atoms with van der Waals surface area (Å²) in [6.45, 7) is 6.06. The molecular formula is C13H17BrN2O2. The van der Waals surface area contributed by atoms with Crippen LogP contribution < -0.4 is 0 Å². The van der Waals surface area contributed by atoms with Crippen molar-refractivity contribution >= 4 is 15.9 Å². The zero-order valence-electron chi connectivity index (χ0n) is 10.7. The summed E-state index contributed by atoms with van der Waals surface area (Å²) >= 11 is 3.42. The van der Waals surface area contributed by atoms with Gasteiger partial charge in [0.25, 0.3) is 0 Å². The van der Waals surface area contributed by atoms with E-state index in [4.69, 9.17) is 4.42 Å². The second-order valence-corrected chi connectivity index (χ2v) is 5.33. The summed E-state index contributed by atoms with van der Waals surface area (Å²) in [6, 6.07) is 3.89. The molecule has 0 saturated heterocycles. The van der Waals surface area contributed by atoms with Crippen molar-refractivity contribution in [1.29, 1.82) is 0 Å². The molecule has 0 saturated carbocycles. The quantitative estimate of drug-likeness (QED) is 0.940. The molecule has 4 nitrogen and oxygen atoms in total. The lowest BCUT2D eigenvalue weighted by Crippen LogP contribution is -2.12. The third-order valence-corrected chi connectivity index (χ3v) is 3.45. The molecule has 0 aliphatic heterocycles. The minimum Gasteiger partial charge on any atom is -0.463 e. The van der Waals surface area contributed by atoms with Gasteiger partial charge in [-0.05, 0) is 41.9 Å². The molecule has 0 aliphatic rings. The van der Waals surface area contributed by atoms with Gasteiger partial charge in [0.1, 0.15) is 11.5 Å². The third-order valence-electron chi connectivity index (χ3n) is 2.84. The second-order valence-electron chi connectivity index (χ2n) is 4.48. The number of hydrogen-bond donors (Lipinski definition) is 1. The molecule has 0 fully saturated rings. The fraction of sp³-hybridized carbons (Fsp3) is 0.462. The van der Waals surface area contributed by atoms with E-state index in [1.165, 1.54) is 0 Å². The molecule has 0 aliphatic carbocycles. The van der Waals surface area contributed by atoms with Gasteiger partial charge in [-0.2, -0.15) is 5.10 Å². The van der Waals surface area contributed by atoms with Crippen molar-refractivity contribution in [3.8, 4) is 0 Å². The Bertz CT molecular complexity index is 531. The van der Waals surface area contributed by atoms with Crippen molar-refractivity contribution < 1.29 is 9.52 Å². The van der Waals surface area contributed by atoms with E-state index in [2.05, 4.69) is 21.0 Å². The number of aryl methyl sites for hydroxylation is 1. The Kier molecular flexibility index (Phi) is 3.92. The Morgan fingerprint density at radius 1 is 1.44 bits per heavy atom. The lowest BCUT2D eigenvalue weighted by atomic mass is 10.2. The van der Waals surface area contributed by atoms with Crippen LogP contribution in [0.1, 0.15) is 50.1 Å². The number of rotatable bonds is 4. The Labute approximate surface area is 115 Å². The van der Waals surface area contributed by atoms with Crippen LogP contribution in [0.4, 0.5) is 0 Å². The van der Waals surface area contributed by atoms with Crippen molar-refractivity contribution in [3.63, 3.8) is 0 Å². The maximum absolute atomic E-state index is 10.4. The first-order chi connectivity index (χ1) is 8.54. The van der Waals surface area contributed by atoms with Crippen LogP contribution in [0.25, 0.3) is 0 Å². The predicted molar refractivity (Wildman–Crippen MR) is 72.5 cm³/mol. The Balaban J connectivity index is 2.38. The molecule has 2 aromatic rings. The van der Waals surface area contributed by atoms with Crippen LogP contribution in [0, 0.1) is 0 Å². The molecular weight excluding hydrogens is 296 g/mol. The summed E-state index contributed by atoms with van der Waals surface area (Å²) in [7, 11) is 0. The Morgan fingerprint density at radius 2 is 2.17 bits per heavy atom. The van der Waals surface area contributed by atoms with Crippen molar-refractivity contribution in [1.82, 2.24) is 9.78 Å². The largest absolute Gasteiger partial charge is 0.463 e. The van der Waals surface area contributed by atoms with E-state index in [0.717, 1.165) is 22.3 Å². The third kappa shape index (κ3) is 2.37. The topological polar surface area (TPSA) is 51.2 Å². The number of nitrogens with zero attached hydrogens (tertiary/aromatic N) is 2. The molecule has 1 atom stereocenters. The van der Waals surface area contributed by atoms with Crippen molar-refractivity contribution in [3.05, 3.63) is 40.0 Å². The summed E-state index contributed by atoms with van der Waals surface area (Å²) < 4.78 is 8.18. The summed E-state index contributed by atoms with van der Waals surface area (Å²) in [4.78, 5) is 0. The molecule has 1 N–H and O–H groups in total. The minimum atomic E-state index is -0.801. The van der Waals surface area contributed by atoms with Crippen molar-refractivity contribution in [2.24, 2.45) is 0 Å². The molecule has 0 radical (unpaired) electrons. The first-order valence-corrected chi connectivity index (χ1v) is 6.83. The number of aromatic nitrogens is 2. The number of hydrogen-bond acceptors (Lipinski definition) is 3. The van der Waals surface area contributed by atoms with Gasteiger partial charge in [-0.25, -0.2) is 0 Å². The minimum absolute atomic E-state index is 0.182. The highest BCUT2D eigenvalue weighted by molar-refractivity contribution is 9.10. The molecule has 18 heavy (non-hydrogen) atoms. The van der Waals surface area contributed by atoms with Crippen LogP contribution in [-0.2, 0) is 6.42 Å². The standard InChI is InChI=1S/C13H17BrN2O2/c1-4-9-5-6-11(18-9)13(17)12-10(14)7-15-16(12)8(2)3/h5-8,13,17H,4H2,1-3H3. The van der Waals surface area contributed by atoms with Gasteiger partial charge in [0, 0.05) is 12.5 Å². The second kappa shape index (κ2) is 5.28. The van der Waals surface area contributed by atoms with E-state index in [0.29, 0.717) is 5.76 Å². The molecule has 98 valence electrons. The smallest absolute Gasteiger partial charge is 0.154 e. The fourth-order valence-corrected chi connectivity index (χ4v) is 2.37. The molecule has 2 heterocycles. The summed E-state index contributed by atoms with van der Waals surface area (Å²) in [5.41, 5.74) is 0.724. The first kappa shape index (κ1) is 13.4. The van der Waals surface area contributed by atoms with E-state index in [9.17, 15) is 5.11 Å². The highest BCUT2D eigenvalue weighted by Crippen LogP contribution is 2.31. The van der Waals surface area contributed by atoms with Crippen LogP contribution in [0.2, 0.25) is 0 Å². The van der Waals surface area contributed by atoms with Crippen LogP contribution in [0.15, 0.2) is 27.2 Å². The average molecular weight is 313 g/mol. The van der Waals surface area contributed by atoms with E-state index in [1.807, 2.05) is 32.9 Å². The monoisotopic (exact) mass is 312 g/mol. The molecule has 1 unspecified atom stereocenters. The molecule has 0 amide bonds. The lowest BCUT2D eigenvalue weighted by Gasteiger charge is -2.15. The SMILES string of the molecule is CCc1ccc(C(O)c2c(Br)cnn2C(C)C)o1. The first-order valence-electron chi connectivity index (χ1n) is 6.04. The summed E-state index contributed by atoms with van der Waals surface area (Å²) in [5, 5.41) is 14.7. The van der Waals surface area contributed by atoms with Gasteiger partial charge in [0.05, 0.1) is 16.4 Å². The Morgan fingerprint density at radius 3 is 2.72 bits per heavy atom. The van der Waals surface area contributed by atoms with Crippen LogP contribution in [0.5, 0.6) is 0 Å². The van der Waals surface area contributed by atoms with Gasteiger partial charge in [0.15, 0.2) is 6.10 Å². The van der Waals surface area contributed by atoms with Gasteiger partial charge < -0.3 is 9.52 Å². The maximum atomic E-state index is 10.4. The van der Waals surface area contributed by atoms with Crippen molar-refractivity contribution in [2.75, 3.05) is 0 Å². The van der Waals surface area contributed by atoms with E-state index in [1.54, 1.807) is 10.9 Å². The van der Waals surface area contributed by atoms with Gasteiger partial charge in [-0.1, -0.05) is 6.92 Å². The van der Waals surface area contributed by atoms with E-state index >= 15 is 0 Å². The normalized spacial score (nSPS) is 13.2. The predicted octanol–water partition coefficient (Wildman–Crippen LogP) is 3.46. The van der Waals surface area contributed by atoms with Crippen LogP contribution >= 0.6 is 15.9 Å². The highest BCUT2D eigenvalue weighted by atomic mass is 79.9. The number of aliphatic hydroxyl groups excluding tert-OH is 1. The molecule has 0 bridgehead atoms. The number of aliphatic hydroxyl groups is 1. The lowest BCUT2D eigenvalue weighted by molar-refractivity contribution is 0.173. The van der Waals surface area contributed by atoms with Crippen LogP contribution in [0.3, 0.4) is 0 Å². The maximum Gasteiger partial charge on any atom is 0.154 e. The van der Waals surface area contributed by atoms with Gasteiger partial charge in [-0.3, -0.25) is 4.68 Å². The van der Waals surface area contributed by atoms with E-state index < -0.39 is 6.10 Å². The van der Waals surface area contributed by atoms with Gasteiger partial charge in [-0.15, -0.1) is 0 Å². The number of furan rings is 1. The van der Waals surface area contributed by atoms with Crippen molar-refractivity contribution in [2.45, 2.75) is 39.3 Å². The number of halogens is 1. The average Bonchev–Trinajstić information content (AvgIpc) is 2.94. The molecule has 5 heteroatoms. The van der Waals surface area contributed by atoms with Gasteiger partial charge >= 0.3 is 0 Å².